The molecule has 0 aliphatic heterocycles. The summed E-state index contributed by atoms with van der Waals surface area (Å²) in [5, 5.41) is 12.7. The molecule has 0 unspecified atom stereocenters. The summed E-state index contributed by atoms with van der Waals surface area (Å²) in [6.07, 6.45) is 9.09. The lowest BCUT2D eigenvalue weighted by atomic mass is 9.86. The van der Waals surface area contributed by atoms with E-state index < -0.39 is 0 Å². The molecule has 2 heteroatoms. The van der Waals surface area contributed by atoms with Crippen LogP contribution in [0.3, 0.4) is 0 Å². The molecule has 15 heavy (non-hydrogen) atoms. The summed E-state index contributed by atoms with van der Waals surface area (Å²) in [5.41, 5.74) is 0. The SMILES string of the molecule is C=CCC[C@H](C)NC1CCC(CO)CC1. The van der Waals surface area contributed by atoms with Crippen LogP contribution in [0.25, 0.3) is 0 Å². The molecule has 2 nitrogen and oxygen atoms in total. The maximum Gasteiger partial charge on any atom is 0.0459 e. The summed E-state index contributed by atoms with van der Waals surface area (Å²) in [6.45, 7) is 6.37. The van der Waals surface area contributed by atoms with Crippen molar-refractivity contribution < 1.29 is 5.11 Å². The van der Waals surface area contributed by atoms with Crippen LogP contribution in [0.2, 0.25) is 0 Å². The minimum absolute atomic E-state index is 0.374. The molecule has 2 N–H and O–H groups in total. The van der Waals surface area contributed by atoms with E-state index in [1.165, 1.54) is 32.1 Å². The Morgan fingerprint density at radius 2 is 2.07 bits per heavy atom. The molecule has 1 aliphatic carbocycles. The quantitative estimate of drug-likeness (QED) is 0.662. The van der Waals surface area contributed by atoms with Gasteiger partial charge in [0.15, 0.2) is 0 Å². The van der Waals surface area contributed by atoms with Crippen LogP contribution in [0.1, 0.15) is 45.4 Å². The third kappa shape index (κ3) is 4.80. The topological polar surface area (TPSA) is 32.3 Å². The summed E-state index contributed by atoms with van der Waals surface area (Å²) in [6, 6.07) is 1.27. The molecule has 0 heterocycles. The first-order valence-electron chi connectivity index (χ1n) is 6.24. The van der Waals surface area contributed by atoms with E-state index in [2.05, 4.69) is 18.8 Å². The summed E-state index contributed by atoms with van der Waals surface area (Å²) in [7, 11) is 0. The highest BCUT2D eigenvalue weighted by molar-refractivity contribution is 4.80. The summed E-state index contributed by atoms with van der Waals surface area (Å²) in [4.78, 5) is 0. The predicted octanol–water partition coefficient (Wildman–Crippen LogP) is 2.48. The zero-order valence-corrected chi connectivity index (χ0v) is 9.91. The average molecular weight is 211 g/mol. The van der Waals surface area contributed by atoms with Gasteiger partial charge in [0.05, 0.1) is 0 Å². The van der Waals surface area contributed by atoms with E-state index in [0.29, 0.717) is 24.6 Å². The van der Waals surface area contributed by atoms with Gasteiger partial charge in [0.2, 0.25) is 0 Å². The minimum Gasteiger partial charge on any atom is -0.396 e. The fraction of sp³-hybridized carbons (Fsp3) is 0.846. The molecule has 0 radical (unpaired) electrons. The standard InChI is InChI=1S/C13H25NO/c1-3-4-5-11(2)14-13-8-6-12(10-15)7-9-13/h3,11-15H,1,4-10H2,2H3/t11-,12?,13?/m0/s1. The molecule has 0 spiro atoms. The Bertz CT molecular complexity index is 173. The van der Waals surface area contributed by atoms with E-state index in [0.717, 1.165) is 6.42 Å². The highest BCUT2D eigenvalue weighted by atomic mass is 16.3. The van der Waals surface area contributed by atoms with E-state index >= 15 is 0 Å². The van der Waals surface area contributed by atoms with E-state index in [1.54, 1.807) is 0 Å². The highest BCUT2D eigenvalue weighted by Crippen LogP contribution is 2.24. The van der Waals surface area contributed by atoms with Crippen molar-refractivity contribution in [2.45, 2.75) is 57.5 Å². The number of hydrogen-bond donors (Lipinski definition) is 2. The maximum atomic E-state index is 9.04. The molecule has 0 aromatic carbocycles. The van der Waals surface area contributed by atoms with Crippen molar-refractivity contribution in [3.05, 3.63) is 12.7 Å². The number of hydrogen-bond acceptors (Lipinski definition) is 2. The van der Waals surface area contributed by atoms with Crippen LogP contribution in [0.15, 0.2) is 12.7 Å². The maximum absolute atomic E-state index is 9.04. The van der Waals surface area contributed by atoms with E-state index in [1.807, 2.05) is 6.08 Å². The fourth-order valence-corrected chi connectivity index (χ4v) is 2.37. The van der Waals surface area contributed by atoms with Crippen molar-refractivity contribution in [1.82, 2.24) is 5.32 Å². The van der Waals surface area contributed by atoms with Crippen LogP contribution < -0.4 is 5.32 Å². The molecule has 0 aromatic rings. The summed E-state index contributed by atoms with van der Waals surface area (Å²) < 4.78 is 0. The lowest BCUT2D eigenvalue weighted by Gasteiger charge is -2.30. The number of rotatable bonds is 6. The third-order valence-electron chi connectivity index (χ3n) is 3.43. The van der Waals surface area contributed by atoms with Gasteiger partial charge in [-0.3, -0.25) is 0 Å². The van der Waals surface area contributed by atoms with Crippen molar-refractivity contribution in [2.75, 3.05) is 6.61 Å². The number of nitrogens with one attached hydrogen (secondary N) is 1. The smallest absolute Gasteiger partial charge is 0.0459 e. The molecule has 0 saturated heterocycles. The number of aliphatic hydroxyl groups excluding tert-OH is 1. The number of aliphatic hydroxyl groups is 1. The molecular weight excluding hydrogens is 186 g/mol. The van der Waals surface area contributed by atoms with Crippen LogP contribution >= 0.6 is 0 Å². The monoisotopic (exact) mass is 211 g/mol. The molecule has 1 aliphatic rings. The molecule has 0 bridgehead atoms. The zero-order chi connectivity index (χ0) is 11.1. The van der Waals surface area contributed by atoms with Crippen LogP contribution in [-0.4, -0.2) is 23.8 Å². The molecule has 1 fully saturated rings. The van der Waals surface area contributed by atoms with Crippen molar-refractivity contribution in [2.24, 2.45) is 5.92 Å². The molecule has 0 amide bonds. The zero-order valence-electron chi connectivity index (χ0n) is 9.91. The van der Waals surface area contributed by atoms with Crippen LogP contribution in [0.5, 0.6) is 0 Å². The third-order valence-corrected chi connectivity index (χ3v) is 3.43. The van der Waals surface area contributed by atoms with Gasteiger partial charge in [0.1, 0.15) is 0 Å². The van der Waals surface area contributed by atoms with Crippen molar-refractivity contribution in [1.29, 1.82) is 0 Å². The Kier molecular flexibility index (Phi) is 5.96. The van der Waals surface area contributed by atoms with Crippen LogP contribution in [0, 0.1) is 5.92 Å². The normalized spacial score (nSPS) is 28.7. The lowest BCUT2D eigenvalue weighted by Crippen LogP contribution is -2.39. The van der Waals surface area contributed by atoms with Crippen molar-refractivity contribution in [3.63, 3.8) is 0 Å². The Hall–Kier alpha value is -0.340. The molecule has 1 saturated carbocycles. The molecule has 1 rings (SSSR count). The van der Waals surface area contributed by atoms with Gasteiger partial charge in [0, 0.05) is 18.7 Å². The van der Waals surface area contributed by atoms with Gasteiger partial charge in [-0.15, -0.1) is 6.58 Å². The van der Waals surface area contributed by atoms with Crippen LogP contribution in [-0.2, 0) is 0 Å². The number of allylic oxidation sites excluding steroid dienone is 1. The van der Waals surface area contributed by atoms with Crippen LogP contribution in [0.4, 0.5) is 0 Å². The van der Waals surface area contributed by atoms with Gasteiger partial charge < -0.3 is 10.4 Å². The first kappa shape index (κ1) is 12.7. The summed E-state index contributed by atoms with van der Waals surface area (Å²) in [5.74, 6) is 0.562. The first-order chi connectivity index (χ1) is 7.26. The summed E-state index contributed by atoms with van der Waals surface area (Å²) >= 11 is 0. The van der Waals surface area contributed by atoms with Gasteiger partial charge >= 0.3 is 0 Å². The fourth-order valence-electron chi connectivity index (χ4n) is 2.37. The first-order valence-corrected chi connectivity index (χ1v) is 6.24. The Balaban J connectivity index is 2.14. The largest absolute Gasteiger partial charge is 0.396 e. The van der Waals surface area contributed by atoms with E-state index in [9.17, 15) is 0 Å². The second kappa shape index (κ2) is 7.02. The molecule has 88 valence electrons. The van der Waals surface area contributed by atoms with E-state index in [-0.39, 0.29) is 0 Å². The lowest BCUT2D eigenvalue weighted by molar-refractivity contribution is 0.172. The molecule has 0 aromatic heterocycles. The molecular formula is C13H25NO. The van der Waals surface area contributed by atoms with Crippen molar-refractivity contribution >= 4 is 0 Å². The Labute approximate surface area is 93.8 Å². The Morgan fingerprint density at radius 3 is 2.60 bits per heavy atom. The minimum atomic E-state index is 0.374. The second-order valence-corrected chi connectivity index (χ2v) is 4.83. The van der Waals surface area contributed by atoms with Gasteiger partial charge in [-0.25, -0.2) is 0 Å². The van der Waals surface area contributed by atoms with Gasteiger partial charge in [-0.05, 0) is 51.4 Å². The van der Waals surface area contributed by atoms with Gasteiger partial charge in [-0.1, -0.05) is 6.08 Å². The van der Waals surface area contributed by atoms with Gasteiger partial charge in [-0.2, -0.15) is 0 Å². The van der Waals surface area contributed by atoms with Gasteiger partial charge in [0.25, 0.3) is 0 Å². The predicted molar refractivity (Wildman–Crippen MR) is 64.9 cm³/mol. The average Bonchev–Trinajstić information content (AvgIpc) is 2.27. The highest BCUT2D eigenvalue weighted by Gasteiger charge is 2.21. The second-order valence-electron chi connectivity index (χ2n) is 4.83. The van der Waals surface area contributed by atoms with Crippen molar-refractivity contribution in [3.8, 4) is 0 Å². The Morgan fingerprint density at radius 1 is 1.40 bits per heavy atom. The molecule has 1 atom stereocenters. The van der Waals surface area contributed by atoms with E-state index in [4.69, 9.17) is 5.11 Å².